The topological polar surface area (TPSA) is 3.24 Å². The van der Waals surface area contributed by atoms with Gasteiger partial charge in [0.2, 0.25) is 0 Å². The monoisotopic (exact) mass is 163 g/mol. The van der Waals surface area contributed by atoms with Gasteiger partial charge in [-0.1, -0.05) is 12.2 Å². The zero-order valence-corrected chi connectivity index (χ0v) is 6.92. The molecular weight excluding hydrogens is 154 g/mol. The van der Waals surface area contributed by atoms with Gasteiger partial charge in [0.1, 0.15) is 0 Å². The molecule has 0 atom stereocenters. The highest BCUT2D eigenvalue weighted by molar-refractivity contribution is 7.08. The van der Waals surface area contributed by atoms with Crippen LogP contribution in [-0.4, -0.2) is 6.54 Å². The second-order valence-corrected chi connectivity index (χ2v) is 3.18. The van der Waals surface area contributed by atoms with E-state index >= 15 is 0 Å². The van der Waals surface area contributed by atoms with E-state index in [1.165, 1.54) is 5.69 Å². The van der Waals surface area contributed by atoms with Crippen LogP contribution >= 0.6 is 11.3 Å². The van der Waals surface area contributed by atoms with E-state index in [2.05, 4.69) is 46.2 Å². The third-order valence-electron chi connectivity index (χ3n) is 1.65. The third kappa shape index (κ3) is 1.35. The summed E-state index contributed by atoms with van der Waals surface area (Å²) in [6.07, 6.45) is 8.38. The number of thiophene rings is 1. The Morgan fingerprint density at radius 2 is 2.36 bits per heavy atom. The van der Waals surface area contributed by atoms with Gasteiger partial charge in [-0.3, -0.25) is 0 Å². The molecule has 2 heterocycles. The lowest BCUT2D eigenvalue weighted by Crippen LogP contribution is -2.16. The molecule has 0 saturated heterocycles. The quantitative estimate of drug-likeness (QED) is 0.615. The zero-order valence-electron chi connectivity index (χ0n) is 6.10. The first kappa shape index (κ1) is 6.68. The van der Waals surface area contributed by atoms with Gasteiger partial charge < -0.3 is 4.90 Å². The summed E-state index contributed by atoms with van der Waals surface area (Å²) >= 11 is 1.73. The number of hydrogen-bond donors (Lipinski definition) is 0. The fourth-order valence-electron chi connectivity index (χ4n) is 1.08. The van der Waals surface area contributed by atoms with Gasteiger partial charge in [0.05, 0.1) is 5.69 Å². The number of allylic oxidation sites excluding steroid dienone is 2. The van der Waals surface area contributed by atoms with Crippen molar-refractivity contribution in [3.63, 3.8) is 0 Å². The molecule has 0 spiro atoms. The number of nitrogens with zero attached hydrogens (tertiary/aromatic N) is 1. The number of hydrogen-bond acceptors (Lipinski definition) is 2. The van der Waals surface area contributed by atoms with E-state index in [-0.39, 0.29) is 0 Å². The second-order valence-electron chi connectivity index (χ2n) is 2.40. The maximum atomic E-state index is 2.22. The standard InChI is InChI=1S/C9H9NS/c1-2-5-10(6-3-1)9-4-7-11-8-9/h1-5,7-8H,6H2. The van der Waals surface area contributed by atoms with Crippen molar-refractivity contribution in [2.24, 2.45) is 0 Å². The highest BCUT2D eigenvalue weighted by atomic mass is 32.1. The summed E-state index contributed by atoms with van der Waals surface area (Å²) < 4.78 is 0. The molecule has 2 heteroatoms. The highest BCUT2D eigenvalue weighted by Crippen LogP contribution is 2.19. The van der Waals surface area contributed by atoms with Crippen molar-refractivity contribution in [2.75, 3.05) is 11.4 Å². The molecule has 0 radical (unpaired) electrons. The van der Waals surface area contributed by atoms with Gasteiger partial charge in [-0.2, -0.15) is 11.3 Å². The smallest absolute Gasteiger partial charge is 0.0517 e. The molecule has 1 aliphatic heterocycles. The minimum atomic E-state index is 0.993. The van der Waals surface area contributed by atoms with E-state index in [1.807, 2.05) is 0 Å². The minimum absolute atomic E-state index is 0.993. The maximum Gasteiger partial charge on any atom is 0.0517 e. The molecule has 0 N–H and O–H groups in total. The van der Waals surface area contributed by atoms with Gasteiger partial charge in [-0.15, -0.1) is 0 Å². The normalized spacial score (nSPS) is 15.8. The van der Waals surface area contributed by atoms with Crippen molar-refractivity contribution in [3.8, 4) is 0 Å². The first-order chi connectivity index (χ1) is 5.47. The van der Waals surface area contributed by atoms with Crippen LogP contribution in [0.3, 0.4) is 0 Å². The first-order valence-electron chi connectivity index (χ1n) is 3.59. The molecule has 0 aromatic carbocycles. The predicted molar refractivity (Wildman–Crippen MR) is 49.9 cm³/mol. The average molecular weight is 163 g/mol. The van der Waals surface area contributed by atoms with Crippen LogP contribution in [0.25, 0.3) is 0 Å². The summed E-state index contributed by atoms with van der Waals surface area (Å²) in [6.45, 7) is 0.993. The van der Waals surface area contributed by atoms with Gasteiger partial charge in [-0.05, 0) is 17.5 Å². The SMILES string of the molecule is C1=CCN(c2ccsc2)C=C1. The summed E-state index contributed by atoms with van der Waals surface area (Å²) in [5.74, 6) is 0. The van der Waals surface area contributed by atoms with Crippen LogP contribution in [0.15, 0.2) is 41.3 Å². The van der Waals surface area contributed by atoms with Crippen molar-refractivity contribution in [1.82, 2.24) is 0 Å². The van der Waals surface area contributed by atoms with Crippen molar-refractivity contribution in [2.45, 2.75) is 0 Å². The van der Waals surface area contributed by atoms with Gasteiger partial charge in [0.15, 0.2) is 0 Å². The van der Waals surface area contributed by atoms with Crippen LogP contribution < -0.4 is 4.90 Å². The molecule has 2 rings (SSSR count). The van der Waals surface area contributed by atoms with Crippen LogP contribution in [0.2, 0.25) is 0 Å². The van der Waals surface area contributed by atoms with Crippen LogP contribution in [0.5, 0.6) is 0 Å². The molecule has 0 fully saturated rings. The lowest BCUT2D eigenvalue weighted by molar-refractivity contribution is 1.08. The number of rotatable bonds is 1. The summed E-state index contributed by atoms with van der Waals surface area (Å²) in [5.41, 5.74) is 1.29. The van der Waals surface area contributed by atoms with Crippen LogP contribution in [0, 0.1) is 0 Å². The molecule has 11 heavy (non-hydrogen) atoms. The molecule has 0 unspecified atom stereocenters. The van der Waals surface area contributed by atoms with Crippen molar-refractivity contribution >= 4 is 17.0 Å². The van der Waals surface area contributed by atoms with E-state index in [1.54, 1.807) is 11.3 Å². The Bertz CT molecular complexity index is 272. The fraction of sp³-hybridized carbons (Fsp3) is 0.111. The molecule has 1 aliphatic rings. The second kappa shape index (κ2) is 2.93. The molecule has 0 saturated carbocycles. The van der Waals surface area contributed by atoms with Crippen molar-refractivity contribution in [3.05, 3.63) is 41.3 Å². The summed E-state index contributed by atoms with van der Waals surface area (Å²) in [5, 5.41) is 4.25. The van der Waals surface area contributed by atoms with E-state index in [0.717, 1.165) is 6.54 Å². The Balaban J connectivity index is 2.19. The molecule has 1 aromatic rings. The highest BCUT2D eigenvalue weighted by Gasteiger charge is 2.01. The van der Waals surface area contributed by atoms with Crippen molar-refractivity contribution in [1.29, 1.82) is 0 Å². The molecular formula is C9H9NS. The van der Waals surface area contributed by atoms with E-state index in [9.17, 15) is 0 Å². The van der Waals surface area contributed by atoms with Gasteiger partial charge in [0, 0.05) is 18.1 Å². The lowest BCUT2D eigenvalue weighted by atomic mass is 10.3. The molecule has 56 valence electrons. The van der Waals surface area contributed by atoms with Gasteiger partial charge in [0.25, 0.3) is 0 Å². The largest absolute Gasteiger partial charge is 0.343 e. The van der Waals surface area contributed by atoms with Crippen LogP contribution in [0.1, 0.15) is 0 Å². The lowest BCUT2D eigenvalue weighted by Gasteiger charge is -2.18. The molecule has 0 bridgehead atoms. The van der Waals surface area contributed by atoms with E-state index in [0.29, 0.717) is 0 Å². The van der Waals surface area contributed by atoms with Crippen molar-refractivity contribution < 1.29 is 0 Å². The van der Waals surface area contributed by atoms with Gasteiger partial charge >= 0.3 is 0 Å². The fourth-order valence-corrected chi connectivity index (χ4v) is 1.73. The Labute approximate surface area is 70.3 Å². The summed E-state index contributed by atoms with van der Waals surface area (Å²) in [4.78, 5) is 2.22. The Kier molecular flexibility index (Phi) is 1.78. The molecule has 1 nitrogen and oxygen atoms in total. The Hall–Kier alpha value is -1.02. The average Bonchev–Trinajstić information content (AvgIpc) is 2.58. The predicted octanol–water partition coefficient (Wildman–Crippen LogP) is 2.64. The molecule has 1 aromatic heterocycles. The zero-order chi connectivity index (χ0) is 7.52. The molecule has 0 aliphatic carbocycles. The molecule has 0 amide bonds. The number of anilines is 1. The van der Waals surface area contributed by atoms with Gasteiger partial charge in [-0.25, -0.2) is 0 Å². The van der Waals surface area contributed by atoms with Crippen LogP contribution in [-0.2, 0) is 0 Å². The summed E-state index contributed by atoms with van der Waals surface area (Å²) in [6, 6.07) is 2.13. The van der Waals surface area contributed by atoms with Crippen LogP contribution in [0.4, 0.5) is 5.69 Å². The maximum absolute atomic E-state index is 2.22. The minimum Gasteiger partial charge on any atom is -0.343 e. The summed E-state index contributed by atoms with van der Waals surface area (Å²) in [7, 11) is 0. The van der Waals surface area contributed by atoms with E-state index in [4.69, 9.17) is 0 Å². The Morgan fingerprint density at radius 1 is 1.36 bits per heavy atom. The Morgan fingerprint density at radius 3 is 3.00 bits per heavy atom. The third-order valence-corrected chi connectivity index (χ3v) is 2.32. The first-order valence-corrected chi connectivity index (χ1v) is 4.53. The van der Waals surface area contributed by atoms with E-state index < -0.39 is 0 Å².